The zero-order chi connectivity index (χ0) is 11.4. The Bertz CT molecular complexity index is 208. The molecule has 2 aliphatic rings. The van der Waals surface area contributed by atoms with Gasteiger partial charge in [0.25, 0.3) is 0 Å². The maximum atomic E-state index is 5.50. The van der Waals surface area contributed by atoms with Crippen molar-refractivity contribution in [3.05, 3.63) is 0 Å². The fourth-order valence-electron chi connectivity index (χ4n) is 2.84. The van der Waals surface area contributed by atoms with Crippen LogP contribution in [0, 0.1) is 5.92 Å². The van der Waals surface area contributed by atoms with Gasteiger partial charge in [-0.15, -0.1) is 0 Å². The molecule has 0 aromatic heterocycles. The van der Waals surface area contributed by atoms with Crippen molar-refractivity contribution >= 4 is 0 Å². The average Bonchev–Trinajstić information content (AvgIpc) is 2.23. The molecule has 1 saturated heterocycles. The van der Waals surface area contributed by atoms with Crippen LogP contribution in [-0.4, -0.2) is 50.8 Å². The Morgan fingerprint density at radius 1 is 1.31 bits per heavy atom. The van der Waals surface area contributed by atoms with Crippen molar-refractivity contribution in [3.8, 4) is 0 Å². The molecule has 94 valence electrons. The Balaban J connectivity index is 1.66. The van der Waals surface area contributed by atoms with Crippen LogP contribution in [0.25, 0.3) is 0 Å². The third kappa shape index (κ3) is 2.76. The van der Waals surface area contributed by atoms with Crippen molar-refractivity contribution in [1.29, 1.82) is 0 Å². The van der Waals surface area contributed by atoms with Crippen molar-refractivity contribution in [3.63, 3.8) is 0 Å². The van der Waals surface area contributed by atoms with Gasteiger partial charge in [-0.05, 0) is 52.1 Å². The minimum absolute atomic E-state index is 0.454. The molecule has 3 heteroatoms. The normalized spacial score (nSPS) is 29.1. The summed E-state index contributed by atoms with van der Waals surface area (Å²) in [4.78, 5) is 2.40. The van der Waals surface area contributed by atoms with E-state index in [0.29, 0.717) is 5.54 Å². The van der Waals surface area contributed by atoms with Gasteiger partial charge >= 0.3 is 0 Å². The van der Waals surface area contributed by atoms with E-state index in [1.807, 2.05) is 0 Å². The SMILES string of the molecule is CN(C)C1(CNCC2CCCOC2)CCC1. The lowest BCUT2D eigenvalue weighted by Gasteiger charge is -2.47. The minimum atomic E-state index is 0.454. The first-order valence-electron chi connectivity index (χ1n) is 6.69. The molecule has 3 nitrogen and oxygen atoms in total. The fourth-order valence-corrected chi connectivity index (χ4v) is 2.84. The molecule has 0 aromatic rings. The monoisotopic (exact) mass is 226 g/mol. The summed E-state index contributed by atoms with van der Waals surface area (Å²) in [5.41, 5.74) is 0.454. The molecule has 1 atom stereocenters. The van der Waals surface area contributed by atoms with E-state index in [9.17, 15) is 0 Å². The maximum absolute atomic E-state index is 5.50. The van der Waals surface area contributed by atoms with E-state index in [-0.39, 0.29) is 0 Å². The number of rotatable bonds is 5. The van der Waals surface area contributed by atoms with Crippen LogP contribution in [0.2, 0.25) is 0 Å². The lowest BCUT2D eigenvalue weighted by Crippen LogP contribution is -2.57. The lowest BCUT2D eigenvalue weighted by molar-refractivity contribution is 0.0413. The van der Waals surface area contributed by atoms with Crippen LogP contribution < -0.4 is 5.32 Å². The Labute approximate surface area is 99.5 Å². The molecular weight excluding hydrogens is 200 g/mol. The highest BCUT2D eigenvalue weighted by Gasteiger charge is 2.38. The fraction of sp³-hybridized carbons (Fsp3) is 1.00. The van der Waals surface area contributed by atoms with E-state index >= 15 is 0 Å². The largest absolute Gasteiger partial charge is 0.381 e. The molecule has 1 unspecified atom stereocenters. The summed E-state index contributed by atoms with van der Waals surface area (Å²) in [7, 11) is 4.43. The van der Waals surface area contributed by atoms with E-state index in [0.717, 1.165) is 32.2 Å². The Morgan fingerprint density at radius 3 is 2.62 bits per heavy atom. The van der Waals surface area contributed by atoms with Crippen LogP contribution in [0.5, 0.6) is 0 Å². The quantitative estimate of drug-likeness (QED) is 0.768. The molecule has 0 aromatic carbocycles. The van der Waals surface area contributed by atoms with E-state index in [1.54, 1.807) is 0 Å². The van der Waals surface area contributed by atoms with Crippen LogP contribution in [0.4, 0.5) is 0 Å². The standard InChI is InChI=1S/C13H26N2O/c1-15(2)13(6-4-7-13)11-14-9-12-5-3-8-16-10-12/h12,14H,3-11H2,1-2H3. The van der Waals surface area contributed by atoms with Gasteiger partial charge in [-0.3, -0.25) is 0 Å². The van der Waals surface area contributed by atoms with Crippen molar-refractivity contribution < 1.29 is 4.74 Å². The molecular formula is C13H26N2O. The number of hydrogen-bond donors (Lipinski definition) is 1. The second-order valence-corrected chi connectivity index (χ2v) is 5.69. The van der Waals surface area contributed by atoms with Gasteiger partial charge in [0, 0.05) is 25.2 Å². The van der Waals surface area contributed by atoms with E-state index in [1.165, 1.54) is 32.1 Å². The van der Waals surface area contributed by atoms with Gasteiger partial charge in [0.2, 0.25) is 0 Å². The molecule has 0 spiro atoms. The molecule has 0 bridgehead atoms. The smallest absolute Gasteiger partial charge is 0.0506 e. The third-order valence-corrected chi connectivity index (χ3v) is 4.37. The Morgan fingerprint density at radius 2 is 2.12 bits per heavy atom. The highest BCUT2D eigenvalue weighted by atomic mass is 16.5. The first-order valence-corrected chi connectivity index (χ1v) is 6.69. The predicted octanol–water partition coefficient (Wildman–Crippen LogP) is 1.49. The van der Waals surface area contributed by atoms with Gasteiger partial charge in [-0.1, -0.05) is 0 Å². The van der Waals surface area contributed by atoms with E-state index in [2.05, 4.69) is 24.3 Å². The van der Waals surface area contributed by atoms with Crippen LogP contribution in [-0.2, 0) is 4.74 Å². The van der Waals surface area contributed by atoms with Crippen molar-refractivity contribution in [2.24, 2.45) is 5.92 Å². The first-order chi connectivity index (χ1) is 7.73. The number of ether oxygens (including phenoxy) is 1. The molecule has 2 fully saturated rings. The van der Waals surface area contributed by atoms with Gasteiger partial charge in [-0.2, -0.15) is 0 Å². The summed E-state index contributed by atoms with van der Waals surface area (Å²) in [6.45, 7) is 4.21. The van der Waals surface area contributed by atoms with Gasteiger partial charge in [-0.25, -0.2) is 0 Å². The summed E-state index contributed by atoms with van der Waals surface area (Å²) in [6, 6.07) is 0. The number of hydrogen-bond acceptors (Lipinski definition) is 3. The van der Waals surface area contributed by atoms with Gasteiger partial charge in [0.15, 0.2) is 0 Å². The maximum Gasteiger partial charge on any atom is 0.0506 e. The molecule has 1 N–H and O–H groups in total. The molecule has 1 saturated carbocycles. The van der Waals surface area contributed by atoms with Gasteiger partial charge < -0.3 is 15.0 Å². The molecule has 16 heavy (non-hydrogen) atoms. The molecule has 2 rings (SSSR count). The Hall–Kier alpha value is -0.120. The second kappa shape index (κ2) is 5.48. The van der Waals surface area contributed by atoms with Crippen LogP contribution >= 0.6 is 0 Å². The third-order valence-electron chi connectivity index (χ3n) is 4.37. The summed E-state index contributed by atoms with van der Waals surface area (Å²) in [5.74, 6) is 0.744. The molecule has 1 aliphatic carbocycles. The molecule has 0 amide bonds. The first kappa shape index (κ1) is 12.3. The van der Waals surface area contributed by atoms with Gasteiger partial charge in [0.05, 0.1) is 6.61 Å². The van der Waals surface area contributed by atoms with Crippen LogP contribution in [0.1, 0.15) is 32.1 Å². The molecule has 0 radical (unpaired) electrons. The summed E-state index contributed by atoms with van der Waals surface area (Å²) < 4.78 is 5.50. The molecule has 1 aliphatic heterocycles. The van der Waals surface area contributed by atoms with E-state index in [4.69, 9.17) is 4.74 Å². The minimum Gasteiger partial charge on any atom is -0.381 e. The number of nitrogens with zero attached hydrogens (tertiary/aromatic N) is 1. The summed E-state index contributed by atoms with van der Waals surface area (Å²) in [6.07, 6.45) is 6.68. The van der Waals surface area contributed by atoms with Crippen LogP contribution in [0.3, 0.4) is 0 Å². The average molecular weight is 226 g/mol. The zero-order valence-electron chi connectivity index (χ0n) is 10.8. The van der Waals surface area contributed by atoms with Crippen LogP contribution in [0.15, 0.2) is 0 Å². The highest BCUT2D eigenvalue weighted by Crippen LogP contribution is 2.35. The Kier molecular flexibility index (Phi) is 4.22. The van der Waals surface area contributed by atoms with Crippen molar-refractivity contribution in [2.75, 3.05) is 40.4 Å². The number of nitrogens with one attached hydrogen (secondary N) is 1. The highest BCUT2D eigenvalue weighted by molar-refractivity contribution is 4.97. The summed E-state index contributed by atoms with van der Waals surface area (Å²) in [5, 5.41) is 3.66. The van der Waals surface area contributed by atoms with Crippen molar-refractivity contribution in [2.45, 2.75) is 37.6 Å². The van der Waals surface area contributed by atoms with E-state index < -0.39 is 0 Å². The van der Waals surface area contributed by atoms with Gasteiger partial charge in [0.1, 0.15) is 0 Å². The zero-order valence-corrected chi connectivity index (χ0v) is 10.8. The predicted molar refractivity (Wildman–Crippen MR) is 66.7 cm³/mol. The second-order valence-electron chi connectivity index (χ2n) is 5.69. The van der Waals surface area contributed by atoms with Crippen molar-refractivity contribution in [1.82, 2.24) is 10.2 Å². The lowest BCUT2D eigenvalue weighted by atomic mass is 9.75. The molecule has 1 heterocycles. The summed E-state index contributed by atoms with van der Waals surface area (Å²) >= 11 is 0. The number of likely N-dealkylation sites (N-methyl/N-ethyl adjacent to an activating group) is 1. The topological polar surface area (TPSA) is 24.5 Å².